The quantitative estimate of drug-likeness (QED) is 0.728. The fraction of sp³-hybridized carbons (Fsp3) is 0.438. The van der Waals surface area contributed by atoms with Crippen LogP contribution in [0, 0.1) is 0 Å². The topological polar surface area (TPSA) is 70.6 Å². The van der Waals surface area contributed by atoms with Crippen LogP contribution in [0.4, 0.5) is 4.79 Å². The van der Waals surface area contributed by atoms with Gasteiger partial charge in [0.2, 0.25) is 0 Å². The molecule has 1 aliphatic rings. The van der Waals surface area contributed by atoms with Gasteiger partial charge in [0.05, 0.1) is 13.2 Å². The summed E-state index contributed by atoms with van der Waals surface area (Å²) in [5, 5.41) is 15.6. The monoisotopic (exact) mass is 290 g/mol. The molecule has 0 saturated carbocycles. The molecule has 21 heavy (non-hydrogen) atoms. The highest BCUT2D eigenvalue weighted by Gasteiger charge is 2.13. The zero-order valence-corrected chi connectivity index (χ0v) is 12.2. The Balaban J connectivity index is 1.79. The van der Waals surface area contributed by atoms with Gasteiger partial charge in [0.25, 0.3) is 0 Å². The molecule has 3 N–H and O–H groups in total. The summed E-state index contributed by atoms with van der Waals surface area (Å²) in [6.45, 7) is 0.162. The number of benzene rings is 1. The first-order chi connectivity index (χ1) is 10.2. The minimum atomic E-state index is -0.757. The number of hydrogen-bond donors (Lipinski definition) is 3. The first-order valence-electron chi connectivity index (χ1n) is 7.22. The molecular weight excluding hydrogens is 268 g/mol. The van der Waals surface area contributed by atoms with Crippen LogP contribution in [0.3, 0.4) is 0 Å². The van der Waals surface area contributed by atoms with Crippen molar-refractivity contribution in [2.24, 2.45) is 0 Å². The fourth-order valence-corrected chi connectivity index (χ4v) is 2.31. The number of urea groups is 1. The molecule has 2 atom stereocenters. The van der Waals surface area contributed by atoms with Gasteiger partial charge in [-0.25, -0.2) is 4.79 Å². The van der Waals surface area contributed by atoms with Gasteiger partial charge in [-0.05, 0) is 37.0 Å². The summed E-state index contributed by atoms with van der Waals surface area (Å²) in [6.07, 6.45) is 6.47. The van der Waals surface area contributed by atoms with Crippen LogP contribution in [0.1, 0.15) is 30.9 Å². The van der Waals surface area contributed by atoms with Gasteiger partial charge in [0.1, 0.15) is 5.75 Å². The normalized spacial score (nSPS) is 18.9. The van der Waals surface area contributed by atoms with Crippen LogP contribution in [-0.2, 0) is 0 Å². The van der Waals surface area contributed by atoms with E-state index >= 15 is 0 Å². The van der Waals surface area contributed by atoms with E-state index in [-0.39, 0.29) is 18.6 Å². The molecule has 0 aromatic heterocycles. The Morgan fingerprint density at radius 3 is 3.10 bits per heavy atom. The van der Waals surface area contributed by atoms with Crippen molar-refractivity contribution in [3.63, 3.8) is 0 Å². The summed E-state index contributed by atoms with van der Waals surface area (Å²) >= 11 is 0. The van der Waals surface area contributed by atoms with Crippen molar-refractivity contribution >= 4 is 6.03 Å². The molecule has 0 spiro atoms. The Hall–Kier alpha value is -2.01. The van der Waals surface area contributed by atoms with Gasteiger partial charge < -0.3 is 20.5 Å². The number of nitrogens with one attached hydrogen (secondary N) is 2. The lowest BCUT2D eigenvalue weighted by Gasteiger charge is -2.19. The van der Waals surface area contributed by atoms with Crippen LogP contribution in [0.2, 0.25) is 0 Å². The largest absolute Gasteiger partial charge is 0.497 e. The van der Waals surface area contributed by atoms with Gasteiger partial charge in [-0.2, -0.15) is 0 Å². The Morgan fingerprint density at radius 2 is 2.38 bits per heavy atom. The predicted octanol–water partition coefficient (Wildman–Crippen LogP) is 2.14. The highest BCUT2D eigenvalue weighted by atomic mass is 16.5. The summed E-state index contributed by atoms with van der Waals surface area (Å²) in [5.74, 6) is 0.684. The molecule has 2 unspecified atom stereocenters. The summed E-state index contributed by atoms with van der Waals surface area (Å²) in [6, 6.07) is 7.02. The first-order valence-corrected chi connectivity index (χ1v) is 7.22. The lowest BCUT2D eigenvalue weighted by Crippen LogP contribution is -2.43. The molecular formula is C16H22N2O3. The maximum Gasteiger partial charge on any atom is 0.315 e. The van der Waals surface area contributed by atoms with E-state index in [2.05, 4.69) is 16.7 Å². The number of carbonyl (C=O) groups excluding carboxylic acids is 1. The number of amides is 2. The summed E-state index contributed by atoms with van der Waals surface area (Å²) in [4.78, 5) is 11.8. The zero-order chi connectivity index (χ0) is 15.1. The average molecular weight is 290 g/mol. The van der Waals surface area contributed by atoms with Gasteiger partial charge >= 0.3 is 6.03 Å². The van der Waals surface area contributed by atoms with E-state index in [0.29, 0.717) is 11.3 Å². The molecule has 0 heterocycles. The smallest absolute Gasteiger partial charge is 0.315 e. The third kappa shape index (κ3) is 4.79. The van der Waals surface area contributed by atoms with E-state index in [1.54, 1.807) is 19.2 Å². The van der Waals surface area contributed by atoms with Crippen LogP contribution in [0.5, 0.6) is 5.75 Å². The third-order valence-electron chi connectivity index (χ3n) is 3.51. The molecule has 0 fully saturated rings. The molecule has 0 saturated heterocycles. The Morgan fingerprint density at radius 1 is 1.52 bits per heavy atom. The van der Waals surface area contributed by atoms with Gasteiger partial charge in [0, 0.05) is 12.6 Å². The summed E-state index contributed by atoms with van der Waals surface area (Å²) in [7, 11) is 1.58. The van der Waals surface area contributed by atoms with Crippen LogP contribution in [-0.4, -0.2) is 30.8 Å². The predicted molar refractivity (Wildman–Crippen MR) is 81.3 cm³/mol. The number of aliphatic hydroxyl groups excluding tert-OH is 1. The number of hydrogen-bond acceptors (Lipinski definition) is 3. The summed E-state index contributed by atoms with van der Waals surface area (Å²) in [5.41, 5.74) is 0.715. The van der Waals surface area contributed by atoms with E-state index in [4.69, 9.17) is 4.74 Å². The minimum absolute atomic E-state index is 0.0905. The van der Waals surface area contributed by atoms with Gasteiger partial charge in [-0.1, -0.05) is 24.3 Å². The Bertz CT molecular complexity index is 502. The standard InChI is InChI=1S/C16H22N2O3/c1-21-14-9-5-6-12(10-14)15(19)11-17-16(20)18-13-7-3-2-4-8-13/h3,5-7,9-10,13,15,19H,2,4,8,11H2,1H3,(H2,17,18,20). The van der Waals surface area contributed by atoms with E-state index < -0.39 is 6.10 Å². The van der Waals surface area contributed by atoms with Crippen LogP contribution >= 0.6 is 0 Å². The lowest BCUT2D eigenvalue weighted by atomic mass is 10.0. The van der Waals surface area contributed by atoms with Crippen molar-refractivity contribution in [1.82, 2.24) is 10.6 Å². The molecule has 5 nitrogen and oxygen atoms in total. The van der Waals surface area contributed by atoms with E-state index in [1.165, 1.54) is 0 Å². The molecule has 1 aromatic carbocycles. The summed E-state index contributed by atoms with van der Waals surface area (Å²) < 4.78 is 5.11. The molecule has 0 aliphatic heterocycles. The fourth-order valence-electron chi connectivity index (χ4n) is 2.31. The Labute approximate surface area is 125 Å². The Kier molecular flexibility index (Phi) is 5.63. The number of aliphatic hydroxyl groups is 1. The third-order valence-corrected chi connectivity index (χ3v) is 3.51. The molecule has 5 heteroatoms. The van der Waals surface area contributed by atoms with Crippen LogP contribution in [0.25, 0.3) is 0 Å². The second-order valence-corrected chi connectivity index (χ2v) is 5.11. The molecule has 114 valence electrons. The van der Waals surface area contributed by atoms with Gasteiger partial charge in [-0.15, -0.1) is 0 Å². The molecule has 1 aromatic rings. The maximum atomic E-state index is 11.8. The second kappa shape index (κ2) is 7.69. The van der Waals surface area contributed by atoms with Crippen LogP contribution in [0.15, 0.2) is 36.4 Å². The number of carbonyl (C=O) groups is 1. The number of ether oxygens (including phenoxy) is 1. The van der Waals surface area contributed by atoms with Crippen molar-refractivity contribution in [2.45, 2.75) is 31.4 Å². The number of methoxy groups -OCH3 is 1. The molecule has 0 radical (unpaired) electrons. The average Bonchev–Trinajstić information content (AvgIpc) is 2.53. The number of allylic oxidation sites excluding steroid dienone is 1. The highest BCUT2D eigenvalue weighted by molar-refractivity contribution is 5.74. The van der Waals surface area contributed by atoms with Crippen molar-refractivity contribution in [3.05, 3.63) is 42.0 Å². The van der Waals surface area contributed by atoms with Gasteiger partial charge in [-0.3, -0.25) is 0 Å². The highest BCUT2D eigenvalue weighted by Crippen LogP contribution is 2.18. The van der Waals surface area contributed by atoms with Crippen molar-refractivity contribution in [2.75, 3.05) is 13.7 Å². The molecule has 2 amide bonds. The minimum Gasteiger partial charge on any atom is -0.497 e. The van der Waals surface area contributed by atoms with Gasteiger partial charge in [0.15, 0.2) is 0 Å². The number of rotatable bonds is 5. The van der Waals surface area contributed by atoms with Crippen molar-refractivity contribution < 1.29 is 14.6 Å². The maximum absolute atomic E-state index is 11.8. The van der Waals surface area contributed by atoms with Crippen molar-refractivity contribution in [1.29, 1.82) is 0 Å². The van der Waals surface area contributed by atoms with E-state index in [0.717, 1.165) is 19.3 Å². The van der Waals surface area contributed by atoms with Crippen LogP contribution < -0.4 is 15.4 Å². The lowest BCUT2D eigenvalue weighted by molar-refractivity contribution is 0.172. The van der Waals surface area contributed by atoms with E-state index in [9.17, 15) is 9.90 Å². The molecule has 2 rings (SSSR count). The molecule has 1 aliphatic carbocycles. The first kappa shape index (κ1) is 15.4. The molecule has 0 bridgehead atoms. The zero-order valence-electron chi connectivity index (χ0n) is 12.2. The van der Waals surface area contributed by atoms with Crippen molar-refractivity contribution in [3.8, 4) is 5.75 Å². The second-order valence-electron chi connectivity index (χ2n) is 5.11. The SMILES string of the molecule is COc1cccc(C(O)CNC(=O)NC2C=CCCC2)c1. The van der Waals surface area contributed by atoms with E-state index in [1.807, 2.05) is 18.2 Å².